The summed E-state index contributed by atoms with van der Waals surface area (Å²) in [7, 11) is 0. The molecule has 0 saturated carbocycles. The Bertz CT molecular complexity index is 672. The van der Waals surface area contributed by atoms with E-state index in [2.05, 4.69) is 10.6 Å². The molecule has 0 aliphatic heterocycles. The van der Waals surface area contributed by atoms with Gasteiger partial charge in [-0.1, -0.05) is 13.0 Å². The highest BCUT2D eigenvalue weighted by Crippen LogP contribution is 2.23. The number of rotatable bonds is 8. The second-order valence-corrected chi connectivity index (χ2v) is 5.51. The summed E-state index contributed by atoms with van der Waals surface area (Å²) < 4.78 is 18.4. The van der Waals surface area contributed by atoms with Crippen LogP contribution in [0.3, 0.4) is 0 Å². The van der Waals surface area contributed by atoms with Crippen LogP contribution >= 0.6 is 0 Å². The molecule has 4 nitrogen and oxygen atoms in total. The minimum Gasteiger partial charge on any atom is -0.492 e. The van der Waals surface area contributed by atoms with E-state index in [9.17, 15) is 9.18 Å². The molecule has 2 aromatic carbocycles. The topological polar surface area (TPSA) is 50.4 Å². The van der Waals surface area contributed by atoms with E-state index in [0.717, 1.165) is 23.4 Å². The van der Waals surface area contributed by atoms with E-state index < -0.39 is 0 Å². The molecule has 0 bridgehead atoms. The molecule has 2 rings (SSSR count). The summed E-state index contributed by atoms with van der Waals surface area (Å²) in [5.41, 5.74) is 2.76. The molecule has 0 aromatic heterocycles. The van der Waals surface area contributed by atoms with Gasteiger partial charge in [-0.15, -0.1) is 0 Å². The van der Waals surface area contributed by atoms with Gasteiger partial charge in [-0.3, -0.25) is 4.79 Å². The predicted octanol–water partition coefficient (Wildman–Crippen LogP) is 4.36. The molecule has 0 heterocycles. The Morgan fingerprint density at radius 1 is 1.12 bits per heavy atom. The van der Waals surface area contributed by atoms with Crippen LogP contribution in [0.2, 0.25) is 0 Å². The zero-order valence-electron chi connectivity index (χ0n) is 14.1. The molecule has 0 aliphatic rings. The quantitative estimate of drug-likeness (QED) is 0.707. The Morgan fingerprint density at radius 2 is 1.83 bits per heavy atom. The van der Waals surface area contributed by atoms with Gasteiger partial charge in [0.25, 0.3) is 0 Å². The first-order valence-electron chi connectivity index (χ1n) is 8.12. The van der Waals surface area contributed by atoms with Gasteiger partial charge >= 0.3 is 0 Å². The number of hydrogen-bond acceptors (Lipinski definition) is 3. The molecule has 0 unspecified atom stereocenters. The fourth-order valence-corrected chi connectivity index (χ4v) is 2.29. The van der Waals surface area contributed by atoms with Gasteiger partial charge in [-0.2, -0.15) is 0 Å². The molecule has 0 radical (unpaired) electrons. The van der Waals surface area contributed by atoms with E-state index in [1.807, 2.05) is 32.0 Å². The molecular formula is C19H23FN2O2. The second-order valence-electron chi connectivity index (χ2n) is 5.51. The third-order valence-corrected chi connectivity index (χ3v) is 3.58. The van der Waals surface area contributed by atoms with Crippen LogP contribution in [0.25, 0.3) is 0 Å². The van der Waals surface area contributed by atoms with Crippen LogP contribution < -0.4 is 15.4 Å². The first kappa shape index (κ1) is 17.8. The maximum absolute atomic E-state index is 12.8. The van der Waals surface area contributed by atoms with Crippen molar-refractivity contribution in [3.8, 4) is 5.75 Å². The van der Waals surface area contributed by atoms with E-state index in [-0.39, 0.29) is 11.7 Å². The van der Waals surface area contributed by atoms with Gasteiger partial charge in [0.2, 0.25) is 5.91 Å². The van der Waals surface area contributed by atoms with Gasteiger partial charge in [0, 0.05) is 24.3 Å². The molecule has 0 spiro atoms. The number of carbonyl (C=O) groups excluding carboxylic acids is 1. The lowest BCUT2D eigenvalue weighted by molar-refractivity contribution is -0.116. The highest BCUT2D eigenvalue weighted by Gasteiger charge is 2.07. The van der Waals surface area contributed by atoms with Gasteiger partial charge in [-0.25, -0.2) is 4.39 Å². The van der Waals surface area contributed by atoms with E-state index in [0.29, 0.717) is 25.3 Å². The Morgan fingerprint density at radius 3 is 2.54 bits per heavy atom. The zero-order chi connectivity index (χ0) is 17.4. The summed E-state index contributed by atoms with van der Waals surface area (Å²) in [6, 6.07) is 11.7. The van der Waals surface area contributed by atoms with Crippen LogP contribution in [0.5, 0.6) is 5.75 Å². The van der Waals surface area contributed by atoms with Crippen LogP contribution in [0, 0.1) is 12.7 Å². The number of anilines is 2. The third kappa shape index (κ3) is 5.26. The van der Waals surface area contributed by atoms with Gasteiger partial charge in [0.1, 0.15) is 18.2 Å². The van der Waals surface area contributed by atoms with Crippen molar-refractivity contribution in [3.05, 3.63) is 53.8 Å². The number of carbonyl (C=O) groups is 1. The maximum Gasteiger partial charge on any atom is 0.224 e. The smallest absolute Gasteiger partial charge is 0.224 e. The average molecular weight is 330 g/mol. The van der Waals surface area contributed by atoms with Crippen molar-refractivity contribution in [2.45, 2.75) is 26.7 Å². The van der Waals surface area contributed by atoms with Crippen molar-refractivity contribution in [2.75, 3.05) is 23.8 Å². The summed E-state index contributed by atoms with van der Waals surface area (Å²) in [6.45, 7) is 5.00. The van der Waals surface area contributed by atoms with Gasteiger partial charge in [0.05, 0.1) is 0 Å². The lowest BCUT2D eigenvalue weighted by Gasteiger charge is -2.14. The predicted molar refractivity (Wildman–Crippen MR) is 95.1 cm³/mol. The maximum atomic E-state index is 12.8. The van der Waals surface area contributed by atoms with E-state index in [4.69, 9.17) is 4.74 Å². The highest BCUT2D eigenvalue weighted by atomic mass is 19.1. The average Bonchev–Trinajstić information content (AvgIpc) is 2.56. The Labute approximate surface area is 142 Å². The molecule has 5 heteroatoms. The number of amides is 1. The summed E-state index contributed by atoms with van der Waals surface area (Å²) in [6.07, 6.45) is 1.34. The van der Waals surface area contributed by atoms with E-state index in [1.54, 1.807) is 12.1 Å². The normalized spacial score (nSPS) is 10.3. The lowest BCUT2D eigenvalue weighted by Crippen LogP contribution is -2.14. The third-order valence-electron chi connectivity index (χ3n) is 3.58. The summed E-state index contributed by atoms with van der Waals surface area (Å²) >= 11 is 0. The molecule has 2 N–H and O–H groups in total. The monoisotopic (exact) mass is 330 g/mol. The van der Waals surface area contributed by atoms with Gasteiger partial charge in [-0.05, 0) is 55.3 Å². The molecule has 0 atom stereocenters. The first-order valence-corrected chi connectivity index (χ1v) is 8.12. The van der Waals surface area contributed by atoms with Crippen LogP contribution in [0.1, 0.15) is 25.3 Å². The van der Waals surface area contributed by atoms with Crippen molar-refractivity contribution in [1.82, 2.24) is 0 Å². The standard InChI is InChI=1S/C19H23FN2O2/c1-3-5-19(23)22-18-7-4-6-17(14(18)2)21-12-13-24-16-10-8-15(20)9-11-16/h4,6-11,21H,3,5,12-13H2,1-2H3,(H,22,23). The number of benzene rings is 2. The lowest BCUT2D eigenvalue weighted by atomic mass is 10.1. The van der Waals surface area contributed by atoms with Crippen molar-refractivity contribution >= 4 is 17.3 Å². The SMILES string of the molecule is CCCC(=O)Nc1cccc(NCCOc2ccc(F)cc2)c1C. The minimum atomic E-state index is -0.280. The first-order chi connectivity index (χ1) is 11.6. The largest absolute Gasteiger partial charge is 0.492 e. The zero-order valence-corrected chi connectivity index (χ0v) is 14.1. The van der Waals surface area contributed by atoms with Crippen LogP contribution in [-0.4, -0.2) is 19.1 Å². The molecule has 1 amide bonds. The second kappa shape index (κ2) is 8.91. The molecule has 0 fully saturated rings. The summed E-state index contributed by atoms with van der Waals surface area (Å²) in [5.74, 6) is 0.380. The van der Waals surface area contributed by atoms with Crippen molar-refractivity contribution < 1.29 is 13.9 Å². The van der Waals surface area contributed by atoms with Crippen LogP contribution in [0.4, 0.5) is 15.8 Å². The molecule has 0 saturated heterocycles. The number of hydrogen-bond donors (Lipinski definition) is 2. The fourth-order valence-electron chi connectivity index (χ4n) is 2.29. The minimum absolute atomic E-state index is 0.0254. The molecule has 128 valence electrons. The van der Waals surface area contributed by atoms with Crippen LogP contribution in [0.15, 0.2) is 42.5 Å². The fraction of sp³-hybridized carbons (Fsp3) is 0.316. The molecular weight excluding hydrogens is 307 g/mol. The number of nitrogens with one attached hydrogen (secondary N) is 2. The van der Waals surface area contributed by atoms with Gasteiger partial charge in [0.15, 0.2) is 0 Å². The van der Waals surface area contributed by atoms with Crippen molar-refractivity contribution in [3.63, 3.8) is 0 Å². The Balaban J connectivity index is 1.86. The number of ether oxygens (including phenoxy) is 1. The van der Waals surface area contributed by atoms with E-state index in [1.165, 1.54) is 12.1 Å². The number of halogens is 1. The highest BCUT2D eigenvalue weighted by molar-refractivity contribution is 5.92. The van der Waals surface area contributed by atoms with Crippen LogP contribution in [-0.2, 0) is 4.79 Å². The van der Waals surface area contributed by atoms with Crippen molar-refractivity contribution in [2.24, 2.45) is 0 Å². The Hall–Kier alpha value is -2.56. The van der Waals surface area contributed by atoms with Crippen molar-refractivity contribution in [1.29, 1.82) is 0 Å². The summed E-state index contributed by atoms with van der Waals surface area (Å²) in [5, 5.41) is 6.22. The van der Waals surface area contributed by atoms with Gasteiger partial charge < -0.3 is 15.4 Å². The molecule has 2 aromatic rings. The molecule has 24 heavy (non-hydrogen) atoms. The molecule has 0 aliphatic carbocycles. The summed E-state index contributed by atoms with van der Waals surface area (Å²) in [4.78, 5) is 11.7. The van der Waals surface area contributed by atoms with E-state index >= 15 is 0 Å². The Kier molecular flexibility index (Phi) is 6.61.